The molecule has 0 aliphatic heterocycles. The van der Waals surface area contributed by atoms with Gasteiger partial charge in [0.15, 0.2) is 11.4 Å². The monoisotopic (exact) mass is 483 g/mol. The molecule has 0 fully saturated rings. The van der Waals surface area contributed by atoms with Gasteiger partial charge in [0.2, 0.25) is 0 Å². The number of rotatable bonds is 6. The quantitative estimate of drug-likeness (QED) is 0.410. The Morgan fingerprint density at radius 1 is 0.667 bits per heavy atom. The number of nitrogens with zero attached hydrogens (tertiary/aromatic N) is 3. The Kier molecular flexibility index (Phi) is 12.2. The van der Waals surface area contributed by atoms with Crippen molar-refractivity contribution in [1.82, 2.24) is 0 Å². The predicted molar refractivity (Wildman–Crippen MR) is 131 cm³/mol. The second-order valence-corrected chi connectivity index (χ2v) is 7.03. The molecule has 36 heavy (non-hydrogen) atoms. The van der Waals surface area contributed by atoms with Crippen LogP contribution in [-0.2, 0) is 28.9 Å². The molecule has 9 heteroatoms. The average molecular weight is 483 g/mol. The first kappa shape index (κ1) is 28.6. The zero-order valence-electron chi connectivity index (χ0n) is 19.0. The lowest BCUT2D eigenvalue weighted by Gasteiger charge is -1.97. The van der Waals surface area contributed by atoms with E-state index in [-0.39, 0.29) is 18.4 Å². The highest BCUT2D eigenvalue weighted by Gasteiger charge is 2.03. The van der Waals surface area contributed by atoms with Crippen molar-refractivity contribution in [3.63, 3.8) is 0 Å². The fourth-order valence-electron chi connectivity index (χ4n) is 2.58. The van der Waals surface area contributed by atoms with Gasteiger partial charge in [-0.2, -0.15) is 5.26 Å². The number of aromatic carboxylic acids is 1. The second kappa shape index (κ2) is 15.4. The van der Waals surface area contributed by atoms with E-state index in [1.165, 1.54) is 24.3 Å². The maximum atomic E-state index is 10.4. The van der Waals surface area contributed by atoms with Gasteiger partial charge in [-0.15, -0.1) is 0 Å². The van der Waals surface area contributed by atoms with E-state index < -0.39 is 17.9 Å². The Labute approximate surface area is 207 Å². The minimum absolute atomic E-state index is 0.0122. The number of carboxylic acids is 3. The molecule has 0 spiro atoms. The maximum absolute atomic E-state index is 10.4. The predicted octanol–water partition coefficient (Wildman–Crippen LogP) is 5.18. The molecule has 0 radical (unpaired) electrons. The fraction of sp³-hybridized carbons (Fsp3) is 0.111. The van der Waals surface area contributed by atoms with Crippen LogP contribution in [0.3, 0.4) is 0 Å². The number of carbonyl (C=O) groups is 3. The van der Waals surface area contributed by atoms with E-state index in [2.05, 4.69) is 9.69 Å². The maximum Gasteiger partial charge on any atom is 0.335 e. The third kappa shape index (κ3) is 11.4. The lowest BCUT2D eigenvalue weighted by atomic mass is 10.1. The molecule has 0 saturated heterocycles. The van der Waals surface area contributed by atoms with Crippen LogP contribution in [-0.4, -0.2) is 33.2 Å². The Balaban J connectivity index is 0.000000271. The summed E-state index contributed by atoms with van der Waals surface area (Å²) in [6, 6.07) is 21.4. The molecule has 180 valence electrons. The molecule has 0 heterocycles. The molecule has 0 atom stereocenters. The zero-order chi connectivity index (χ0) is 26.9. The summed E-state index contributed by atoms with van der Waals surface area (Å²) in [4.78, 5) is 37.4. The van der Waals surface area contributed by atoms with Crippen LogP contribution in [0, 0.1) is 24.5 Å². The SMILES string of the molecule is O=C(O)Cc1ccc(C(=O)O)cc1.[C-]#[N+]c1ccc(CC#N)cc1.[C-]#[N+]c1ccc(CC(=O)O)cc1. The van der Waals surface area contributed by atoms with Gasteiger partial charge >= 0.3 is 17.9 Å². The molecule has 0 aromatic heterocycles. The lowest BCUT2D eigenvalue weighted by Crippen LogP contribution is -2.01. The van der Waals surface area contributed by atoms with Gasteiger partial charge in [0.05, 0.1) is 44.0 Å². The number of benzene rings is 3. The standard InChI is InChI=1S/C9H6N2.C9H7NO2.C9H8O4/c1-11-9-4-2-8(3-5-9)6-7-10;1-10-8-4-2-7(3-5-8)6-9(11)12;10-8(11)5-6-1-3-7(4-2-6)9(12)13/h2-5H,6H2;2-5H,6H2,(H,11,12);1-4H,5H2,(H,10,11)(H,12,13). The Hall–Kier alpha value is -5.46. The summed E-state index contributed by atoms with van der Waals surface area (Å²) in [7, 11) is 0. The first-order valence-corrected chi connectivity index (χ1v) is 10.2. The van der Waals surface area contributed by atoms with Crippen molar-refractivity contribution in [2.24, 2.45) is 0 Å². The van der Waals surface area contributed by atoms with E-state index in [4.69, 9.17) is 33.7 Å². The third-order valence-corrected chi connectivity index (χ3v) is 4.33. The van der Waals surface area contributed by atoms with Crippen molar-refractivity contribution in [3.8, 4) is 6.07 Å². The summed E-state index contributed by atoms with van der Waals surface area (Å²) in [5, 5.41) is 33.7. The van der Waals surface area contributed by atoms with Crippen molar-refractivity contribution in [2.75, 3.05) is 0 Å². The number of nitriles is 1. The Morgan fingerprint density at radius 3 is 1.33 bits per heavy atom. The summed E-state index contributed by atoms with van der Waals surface area (Å²) in [5.41, 5.74) is 3.58. The average Bonchev–Trinajstić information content (AvgIpc) is 2.86. The number of hydrogen-bond acceptors (Lipinski definition) is 4. The van der Waals surface area contributed by atoms with Crippen LogP contribution in [0.25, 0.3) is 9.69 Å². The minimum atomic E-state index is -1.01. The largest absolute Gasteiger partial charge is 0.481 e. The van der Waals surface area contributed by atoms with Crippen LogP contribution >= 0.6 is 0 Å². The molecule has 3 N–H and O–H groups in total. The van der Waals surface area contributed by atoms with Gasteiger partial charge in [0.1, 0.15) is 0 Å². The van der Waals surface area contributed by atoms with Crippen LogP contribution in [0.1, 0.15) is 27.0 Å². The van der Waals surface area contributed by atoms with Crippen LogP contribution < -0.4 is 0 Å². The van der Waals surface area contributed by atoms with Crippen molar-refractivity contribution >= 4 is 29.3 Å². The van der Waals surface area contributed by atoms with Crippen molar-refractivity contribution < 1.29 is 29.7 Å². The molecule has 3 rings (SSSR count). The third-order valence-electron chi connectivity index (χ3n) is 4.33. The molecular formula is C27H21N3O6. The number of aliphatic carboxylic acids is 2. The highest BCUT2D eigenvalue weighted by atomic mass is 16.4. The minimum Gasteiger partial charge on any atom is -0.481 e. The molecule has 0 amide bonds. The van der Waals surface area contributed by atoms with E-state index in [1.54, 1.807) is 48.5 Å². The van der Waals surface area contributed by atoms with E-state index in [0.717, 1.165) is 11.1 Å². The lowest BCUT2D eigenvalue weighted by molar-refractivity contribution is -0.137. The molecule has 3 aromatic carbocycles. The molecule has 3 aromatic rings. The highest BCUT2D eigenvalue weighted by molar-refractivity contribution is 5.87. The van der Waals surface area contributed by atoms with E-state index in [9.17, 15) is 14.4 Å². The van der Waals surface area contributed by atoms with Gasteiger partial charge < -0.3 is 15.3 Å². The first-order valence-electron chi connectivity index (χ1n) is 10.2. The van der Waals surface area contributed by atoms with Crippen LogP contribution in [0.2, 0.25) is 0 Å². The topological polar surface area (TPSA) is 144 Å². The summed E-state index contributed by atoms with van der Waals surface area (Å²) in [5.74, 6) is -2.80. The molecule has 0 aliphatic carbocycles. The van der Waals surface area contributed by atoms with Crippen LogP contribution in [0.4, 0.5) is 11.4 Å². The number of carboxylic acid groups (broad SMARTS) is 3. The Bertz CT molecular complexity index is 1290. The molecule has 0 bridgehead atoms. The van der Waals surface area contributed by atoms with Gasteiger partial charge in [-0.25, -0.2) is 14.5 Å². The van der Waals surface area contributed by atoms with Crippen molar-refractivity contribution in [3.05, 3.63) is 118 Å². The second-order valence-electron chi connectivity index (χ2n) is 7.03. The van der Waals surface area contributed by atoms with Gasteiger partial charge in [-0.1, -0.05) is 60.7 Å². The molecule has 0 unspecified atom stereocenters. The zero-order valence-corrected chi connectivity index (χ0v) is 19.0. The van der Waals surface area contributed by atoms with Crippen LogP contribution in [0.5, 0.6) is 0 Å². The van der Waals surface area contributed by atoms with Gasteiger partial charge in [-0.3, -0.25) is 9.59 Å². The summed E-state index contributed by atoms with van der Waals surface area (Å²) in [6.07, 6.45) is 0.344. The smallest absolute Gasteiger partial charge is 0.335 e. The molecule has 0 saturated carbocycles. The molecule has 9 nitrogen and oxygen atoms in total. The highest BCUT2D eigenvalue weighted by Crippen LogP contribution is 2.13. The van der Waals surface area contributed by atoms with E-state index >= 15 is 0 Å². The molecule has 0 aliphatic rings. The summed E-state index contributed by atoms with van der Waals surface area (Å²) >= 11 is 0. The van der Waals surface area contributed by atoms with Crippen molar-refractivity contribution in [1.29, 1.82) is 5.26 Å². The summed E-state index contributed by atoms with van der Waals surface area (Å²) in [6.45, 7) is 13.3. The summed E-state index contributed by atoms with van der Waals surface area (Å²) < 4.78 is 0. The molecular weight excluding hydrogens is 462 g/mol. The van der Waals surface area contributed by atoms with Crippen molar-refractivity contribution in [2.45, 2.75) is 19.3 Å². The first-order chi connectivity index (χ1) is 17.2. The Morgan fingerprint density at radius 2 is 1.03 bits per heavy atom. The van der Waals surface area contributed by atoms with Crippen LogP contribution in [0.15, 0.2) is 72.8 Å². The normalized spacial score (nSPS) is 8.92. The number of hydrogen-bond donors (Lipinski definition) is 3. The fourth-order valence-corrected chi connectivity index (χ4v) is 2.58. The van der Waals surface area contributed by atoms with E-state index in [1.807, 2.05) is 6.07 Å². The van der Waals surface area contributed by atoms with Gasteiger partial charge in [0, 0.05) is 0 Å². The van der Waals surface area contributed by atoms with E-state index in [0.29, 0.717) is 23.4 Å². The van der Waals surface area contributed by atoms with Gasteiger partial charge in [0.25, 0.3) is 0 Å². The van der Waals surface area contributed by atoms with Gasteiger partial charge in [-0.05, 0) is 28.8 Å².